The van der Waals surface area contributed by atoms with Crippen LogP contribution >= 0.6 is 34.3 Å². The van der Waals surface area contributed by atoms with Crippen molar-refractivity contribution < 1.29 is 0 Å². The smallest absolute Gasteiger partial charge is 0.331 e. The Balaban J connectivity index is 1.96. The number of halogens is 1. The first-order valence-electron chi connectivity index (χ1n) is 9.24. The van der Waals surface area contributed by atoms with Crippen molar-refractivity contribution in [1.82, 2.24) is 23.7 Å². The maximum absolute atomic E-state index is 13.2. The molecule has 0 aliphatic carbocycles. The molecule has 0 unspecified atom stereocenters. The molecule has 0 radical (unpaired) electrons. The van der Waals surface area contributed by atoms with E-state index in [-0.39, 0.29) is 17.2 Å². The maximum Gasteiger partial charge on any atom is 0.331 e. The number of nitrogens with zero attached hydrogens (tertiary/aromatic N) is 5. The quantitative estimate of drug-likeness (QED) is 0.471. The van der Waals surface area contributed by atoms with Gasteiger partial charge in [-0.1, -0.05) is 11.6 Å². The van der Waals surface area contributed by atoms with Gasteiger partial charge in [-0.25, -0.2) is 14.8 Å². The molecule has 4 aromatic heterocycles. The summed E-state index contributed by atoms with van der Waals surface area (Å²) in [4.78, 5) is 35.2. The molecule has 0 bridgehead atoms. The Bertz CT molecular complexity index is 1390. The molecule has 5 rings (SSSR count). The van der Waals surface area contributed by atoms with E-state index in [1.165, 1.54) is 34.3 Å². The number of aryl methyl sites for hydroxylation is 2. The lowest BCUT2D eigenvalue weighted by Gasteiger charge is -2.25. The summed E-state index contributed by atoms with van der Waals surface area (Å²) in [5, 5.41) is 6.53. The van der Waals surface area contributed by atoms with Gasteiger partial charge in [-0.05, 0) is 19.8 Å². The van der Waals surface area contributed by atoms with Crippen molar-refractivity contribution in [3.63, 3.8) is 0 Å². The van der Waals surface area contributed by atoms with Gasteiger partial charge < -0.3 is 4.57 Å². The van der Waals surface area contributed by atoms with E-state index in [2.05, 4.69) is 14.5 Å². The standard InChI is InChI=1S/C19H18ClN5O2S2/c1-9-7-28-17(21-9)15-12-14(23(2)19(27)24(3)18(12)26)13-10(5-4-6-25(13)15)16-22-11(20)8-29-16/h7-8,10H,4-6H2,1-3H3/t10-/m0/s1. The SMILES string of the molecule is Cc1csc(-c2c3c(=O)n(C)c(=O)n(C)c3c3n2CCC[C@@H]3c2nc(Cl)cs2)n1. The molecule has 0 spiro atoms. The molecule has 150 valence electrons. The van der Waals surface area contributed by atoms with Crippen LogP contribution in [0.3, 0.4) is 0 Å². The van der Waals surface area contributed by atoms with Crippen molar-refractivity contribution in [2.24, 2.45) is 14.1 Å². The Morgan fingerprint density at radius 2 is 1.93 bits per heavy atom. The van der Waals surface area contributed by atoms with E-state index in [4.69, 9.17) is 11.6 Å². The van der Waals surface area contributed by atoms with Crippen molar-refractivity contribution in [3.05, 3.63) is 53.1 Å². The third kappa shape index (κ3) is 2.68. The highest BCUT2D eigenvalue weighted by atomic mass is 35.5. The van der Waals surface area contributed by atoms with Crippen LogP contribution in [-0.2, 0) is 20.6 Å². The van der Waals surface area contributed by atoms with Gasteiger partial charge in [-0.2, -0.15) is 0 Å². The second-order valence-electron chi connectivity index (χ2n) is 7.31. The predicted molar refractivity (Wildman–Crippen MR) is 116 cm³/mol. The highest BCUT2D eigenvalue weighted by Crippen LogP contribution is 2.44. The molecule has 0 aromatic carbocycles. The highest BCUT2D eigenvalue weighted by Gasteiger charge is 2.34. The summed E-state index contributed by atoms with van der Waals surface area (Å²) >= 11 is 9.14. The van der Waals surface area contributed by atoms with E-state index in [1.807, 2.05) is 17.7 Å². The molecule has 1 atom stereocenters. The van der Waals surface area contributed by atoms with Crippen LogP contribution in [0.15, 0.2) is 20.3 Å². The van der Waals surface area contributed by atoms with Crippen LogP contribution in [0.4, 0.5) is 0 Å². The van der Waals surface area contributed by atoms with E-state index in [1.54, 1.807) is 11.6 Å². The van der Waals surface area contributed by atoms with Crippen LogP contribution in [0, 0.1) is 6.92 Å². The fraction of sp³-hybridized carbons (Fsp3) is 0.368. The van der Waals surface area contributed by atoms with Crippen LogP contribution in [0.2, 0.25) is 5.15 Å². The summed E-state index contributed by atoms with van der Waals surface area (Å²) in [6.45, 7) is 2.71. The number of hydrogen-bond donors (Lipinski definition) is 0. The van der Waals surface area contributed by atoms with E-state index in [9.17, 15) is 9.59 Å². The lowest BCUT2D eigenvalue weighted by atomic mass is 9.96. The molecule has 4 aromatic rings. The lowest BCUT2D eigenvalue weighted by molar-refractivity contribution is 0.495. The van der Waals surface area contributed by atoms with Gasteiger partial charge in [0.1, 0.15) is 15.2 Å². The Morgan fingerprint density at radius 3 is 2.59 bits per heavy atom. The third-order valence-corrected chi connectivity index (χ3v) is 7.77. The normalized spacial score (nSPS) is 16.5. The zero-order valence-electron chi connectivity index (χ0n) is 16.1. The molecule has 29 heavy (non-hydrogen) atoms. The average Bonchev–Trinajstić information content (AvgIpc) is 3.41. The van der Waals surface area contributed by atoms with Crippen molar-refractivity contribution in [2.75, 3.05) is 0 Å². The second kappa shape index (κ2) is 6.65. The fourth-order valence-corrected chi connectivity index (χ4v) is 6.21. The molecule has 10 heteroatoms. The van der Waals surface area contributed by atoms with E-state index >= 15 is 0 Å². The minimum absolute atomic E-state index is 0.0173. The predicted octanol–water partition coefficient (Wildman–Crippen LogP) is 3.51. The minimum Gasteiger partial charge on any atom is -0.339 e. The monoisotopic (exact) mass is 447 g/mol. The largest absolute Gasteiger partial charge is 0.339 e. The zero-order valence-corrected chi connectivity index (χ0v) is 18.5. The van der Waals surface area contributed by atoms with Gasteiger partial charge in [0, 0.05) is 37.1 Å². The first-order chi connectivity index (χ1) is 13.9. The molecule has 0 fully saturated rings. The van der Waals surface area contributed by atoms with Crippen molar-refractivity contribution in [2.45, 2.75) is 32.2 Å². The number of fused-ring (bicyclic) bond motifs is 3. The highest BCUT2D eigenvalue weighted by molar-refractivity contribution is 7.13. The number of thiazole rings is 2. The van der Waals surface area contributed by atoms with Gasteiger partial charge in [-0.15, -0.1) is 22.7 Å². The van der Waals surface area contributed by atoms with Gasteiger partial charge in [0.2, 0.25) is 0 Å². The third-order valence-electron chi connectivity index (χ3n) is 5.52. The van der Waals surface area contributed by atoms with Crippen molar-refractivity contribution in [1.29, 1.82) is 0 Å². The molecular weight excluding hydrogens is 430 g/mol. The van der Waals surface area contributed by atoms with Crippen molar-refractivity contribution >= 4 is 45.2 Å². The molecule has 0 saturated carbocycles. The fourth-order valence-electron chi connectivity index (χ4n) is 4.27. The zero-order chi connectivity index (χ0) is 20.4. The van der Waals surface area contributed by atoms with Gasteiger partial charge in [0.05, 0.1) is 28.2 Å². The van der Waals surface area contributed by atoms with Crippen LogP contribution < -0.4 is 11.2 Å². The molecule has 0 saturated heterocycles. The van der Waals surface area contributed by atoms with E-state index < -0.39 is 0 Å². The van der Waals surface area contributed by atoms with E-state index in [0.717, 1.165) is 46.5 Å². The summed E-state index contributed by atoms with van der Waals surface area (Å²) < 4.78 is 4.93. The summed E-state index contributed by atoms with van der Waals surface area (Å²) in [6, 6.07) is 0. The van der Waals surface area contributed by atoms with Crippen LogP contribution in [0.5, 0.6) is 0 Å². The van der Waals surface area contributed by atoms with Gasteiger partial charge in [0.25, 0.3) is 5.56 Å². The van der Waals surface area contributed by atoms with Gasteiger partial charge in [-0.3, -0.25) is 13.9 Å². The summed E-state index contributed by atoms with van der Waals surface area (Å²) in [7, 11) is 3.25. The Hall–Kier alpha value is -2.23. The number of aromatic nitrogens is 5. The molecule has 1 aliphatic rings. The Kier molecular flexibility index (Phi) is 4.30. The van der Waals surface area contributed by atoms with Gasteiger partial charge in [0.15, 0.2) is 0 Å². The summed E-state index contributed by atoms with van der Waals surface area (Å²) in [5.41, 5.74) is 2.73. The maximum atomic E-state index is 13.2. The molecule has 7 nitrogen and oxygen atoms in total. The summed E-state index contributed by atoms with van der Waals surface area (Å²) in [5.74, 6) is -0.0173. The average molecular weight is 448 g/mol. The van der Waals surface area contributed by atoms with Crippen LogP contribution in [0.25, 0.3) is 21.6 Å². The Morgan fingerprint density at radius 1 is 1.14 bits per heavy atom. The summed E-state index contributed by atoms with van der Waals surface area (Å²) in [6.07, 6.45) is 1.84. The molecule has 0 N–H and O–H groups in total. The molecular formula is C19H18ClN5O2S2. The van der Waals surface area contributed by atoms with Crippen LogP contribution in [-0.4, -0.2) is 23.7 Å². The molecule has 5 heterocycles. The van der Waals surface area contributed by atoms with Crippen molar-refractivity contribution in [3.8, 4) is 10.7 Å². The number of rotatable bonds is 2. The van der Waals surface area contributed by atoms with Crippen LogP contribution in [0.1, 0.15) is 35.2 Å². The first kappa shape index (κ1) is 18.8. The lowest BCUT2D eigenvalue weighted by Crippen LogP contribution is -2.37. The first-order valence-corrected chi connectivity index (χ1v) is 11.4. The minimum atomic E-state index is -0.334. The number of hydrogen-bond acceptors (Lipinski definition) is 6. The topological polar surface area (TPSA) is 74.7 Å². The molecule has 0 amide bonds. The second-order valence-corrected chi connectivity index (χ2v) is 9.45. The van der Waals surface area contributed by atoms with E-state index in [0.29, 0.717) is 16.1 Å². The molecule has 1 aliphatic heterocycles. The Labute approximate surface area is 178 Å². The van der Waals surface area contributed by atoms with Gasteiger partial charge >= 0.3 is 5.69 Å².